The van der Waals surface area contributed by atoms with Gasteiger partial charge in [-0.3, -0.25) is 5.10 Å². The fraction of sp³-hybridized carbons (Fsp3) is 0.125. The number of aryl methyl sites for hydroxylation is 1. The van der Waals surface area contributed by atoms with Gasteiger partial charge in [0, 0.05) is 0 Å². The Hall–Kier alpha value is -1.91. The highest BCUT2D eigenvalue weighted by Gasteiger charge is 2.08. The van der Waals surface area contributed by atoms with Gasteiger partial charge in [-0.05, 0) is 24.6 Å². The monoisotopic (exact) mass is 177 g/mol. The van der Waals surface area contributed by atoms with Gasteiger partial charge < -0.3 is 5.11 Å². The van der Waals surface area contributed by atoms with E-state index >= 15 is 0 Å². The number of carboxylic acid groups (broad SMARTS) is 1. The Bertz CT molecular complexity index is 475. The van der Waals surface area contributed by atoms with Crippen LogP contribution < -0.4 is 0 Å². The number of nitrogens with zero attached hydrogens (tertiary/aromatic N) is 2. The van der Waals surface area contributed by atoms with Crippen LogP contribution >= 0.6 is 0 Å². The van der Waals surface area contributed by atoms with Gasteiger partial charge in [-0.25, -0.2) is 4.79 Å². The lowest BCUT2D eigenvalue weighted by Crippen LogP contribution is -1.96. The number of carboxylic acids is 1. The van der Waals surface area contributed by atoms with E-state index in [-0.39, 0.29) is 5.56 Å². The van der Waals surface area contributed by atoms with E-state index in [9.17, 15) is 4.79 Å². The van der Waals surface area contributed by atoms with Crippen LogP contribution in [0.5, 0.6) is 0 Å². The highest BCUT2D eigenvalue weighted by Crippen LogP contribution is 2.15. The summed E-state index contributed by atoms with van der Waals surface area (Å²) in [7, 11) is 0. The first kappa shape index (κ1) is 7.72. The predicted molar refractivity (Wildman–Crippen MR) is 45.6 cm³/mol. The van der Waals surface area contributed by atoms with E-state index in [1.54, 1.807) is 6.07 Å². The van der Waals surface area contributed by atoms with Crippen molar-refractivity contribution in [2.24, 2.45) is 0 Å². The number of benzene rings is 1. The Morgan fingerprint density at radius 3 is 3.00 bits per heavy atom. The number of hydrogen-bond donors (Lipinski definition) is 2. The zero-order valence-corrected chi connectivity index (χ0v) is 6.90. The normalized spacial score (nSPS) is 10.5. The lowest BCUT2D eigenvalue weighted by atomic mass is 10.1. The lowest BCUT2D eigenvalue weighted by molar-refractivity contribution is 0.0697. The van der Waals surface area contributed by atoms with E-state index in [1.807, 2.05) is 6.92 Å². The molecule has 0 aliphatic rings. The van der Waals surface area contributed by atoms with Crippen molar-refractivity contribution in [1.29, 1.82) is 0 Å². The molecule has 1 aromatic heterocycles. The molecule has 0 spiro atoms. The summed E-state index contributed by atoms with van der Waals surface area (Å²) in [6.07, 6.45) is 0. The minimum Gasteiger partial charge on any atom is -0.478 e. The van der Waals surface area contributed by atoms with Crippen molar-refractivity contribution in [3.8, 4) is 0 Å². The molecule has 0 aliphatic heterocycles. The number of carbonyl (C=O) groups is 1. The van der Waals surface area contributed by atoms with Gasteiger partial charge in [0.2, 0.25) is 0 Å². The molecule has 66 valence electrons. The maximum atomic E-state index is 10.7. The number of fused-ring (bicyclic) bond motifs is 1. The summed E-state index contributed by atoms with van der Waals surface area (Å²) in [4.78, 5) is 10.7. The van der Waals surface area contributed by atoms with Gasteiger partial charge in [-0.1, -0.05) is 5.21 Å². The van der Waals surface area contributed by atoms with Gasteiger partial charge in [0.1, 0.15) is 5.52 Å². The topological polar surface area (TPSA) is 78.9 Å². The Morgan fingerprint density at radius 1 is 1.54 bits per heavy atom. The first-order valence-electron chi connectivity index (χ1n) is 3.73. The molecule has 0 saturated heterocycles. The van der Waals surface area contributed by atoms with Gasteiger partial charge in [0.25, 0.3) is 0 Å². The number of aromatic carboxylic acids is 1. The fourth-order valence-corrected chi connectivity index (χ4v) is 1.25. The number of hydrogen-bond acceptors (Lipinski definition) is 3. The average Bonchev–Trinajstić information content (AvgIpc) is 2.51. The highest BCUT2D eigenvalue weighted by atomic mass is 16.4. The third-order valence-electron chi connectivity index (χ3n) is 1.88. The van der Waals surface area contributed by atoms with Crippen molar-refractivity contribution in [2.75, 3.05) is 0 Å². The van der Waals surface area contributed by atoms with Crippen molar-refractivity contribution >= 4 is 17.0 Å². The lowest BCUT2D eigenvalue weighted by Gasteiger charge is -1.96. The van der Waals surface area contributed by atoms with Crippen LogP contribution in [0.25, 0.3) is 11.0 Å². The minimum absolute atomic E-state index is 0.235. The van der Waals surface area contributed by atoms with Crippen LogP contribution in [0.2, 0.25) is 0 Å². The smallest absolute Gasteiger partial charge is 0.335 e. The summed E-state index contributed by atoms with van der Waals surface area (Å²) in [5.41, 5.74) is 2.43. The van der Waals surface area contributed by atoms with E-state index < -0.39 is 5.97 Å². The Labute approximate surface area is 73.4 Å². The number of rotatable bonds is 1. The molecule has 0 atom stereocenters. The molecule has 13 heavy (non-hydrogen) atoms. The summed E-state index contributed by atoms with van der Waals surface area (Å²) in [6, 6.07) is 3.08. The van der Waals surface area contributed by atoms with Crippen molar-refractivity contribution < 1.29 is 9.90 Å². The zero-order valence-electron chi connectivity index (χ0n) is 6.90. The number of aromatic nitrogens is 3. The second-order valence-electron chi connectivity index (χ2n) is 2.80. The molecule has 0 amide bonds. The maximum Gasteiger partial charge on any atom is 0.335 e. The van der Waals surface area contributed by atoms with E-state index in [4.69, 9.17) is 5.11 Å². The fourth-order valence-electron chi connectivity index (χ4n) is 1.25. The Morgan fingerprint density at radius 2 is 2.31 bits per heavy atom. The molecule has 2 N–H and O–H groups in total. The van der Waals surface area contributed by atoms with Gasteiger partial charge in [0.05, 0.1) is 11.1 Å². The minimum atomic E-state index is -0.951. The summed E-state index contributed by atoms with van der Waals surface area (Å²) < 4.78 is 0. The molecule has 0 aliphatic carbocycles. The summed E-state index contributed by atoms with van der Waals surface area (Å²) in [6.45, 7) is 1.81. The van der Waals surface area contributed by atoms with Crippen LogP contribution in [0.1, 0.15) is 15.9 Å². The quantitative estimate of drug-likeness (QED) is 0.680. The summed E-state index contributed by atoms with van der Waals surface area (Å²) >= 11 is 0. The second-order valence-corrected chi connectivity index (χ2v) is 2.80. The Kier molecular flexibility index (Phi) is 1.51. The third kappa shape index (κ3) is 1.14. The average molecular weight is 177 g/mol. The molecular weight excluding hydrogens is 170 g/mol. The molecule has 5 heteroatoms. The molecule has 0 unspecified atom stereocenters. The molecule has 5 nitrogen and oxygen atoms in total. The molecule has 0 bridgehead atoms. The third-order valence-corrected chi connectivity index (χ3v) is 1.88. The van der Waals surface area contributed by atoms with E-state index in [0.29, 0.717) is 5.52 Å². The maximum absolute atomic E-state index is 10.7. The van der Waals surface area contributed by atoms with E-state index in [0.717, 1.165) is 11.1 Å². The molecule has 2 rings (SSSR count). The molecule has 2 aromatic rings. The molecule has 1 heterocycles. The summed E-state index contributed by atoms with van der Waals surface area (Å²) in [5.74, 6) is -0.951. The first-order valence-corrected chi connectivity index (χ1v) is 3.73. The van der Waals surface area contributed by atoms with Crippen LogP contribution in [0.3, 0.4) is 0 Å². The Balaban J connectivity index is 2.77. The SMILES string of the molecule is Cc1cc(C(=O)O)cc2nn[nH]c12. The van der Waals surface area contributed by atoms with Gasteiger partial charge in [0.15, 0.2) is 0 Å². The standard InChI is InChI=1S/C8H7N3O2/c1-4-2-5(8(12)13)3-6-7(4)10-11-9-6/h2-3H,1H3,(H,12,13)(H,9,10,11). The second kappa shape index (κ2) is 2.55. The first-order chi connectivity index (χ1) is 6.18. The molecule has 0 saturated carbocycles. The van der Waals surface area contributed by atoms with Gasteiger partial charge >= 0.3 is 5.97 Å². The van der Waals surface area contributed by atoms with Crippen molar-refractivity contribution in [3.63, 3.8) is 0 Å². The van der Waals surface area contributed by atoms with Crippen LogP contribution in [0, 0.1) is 6.92 Å². The van der Waals surface area contributed by atoms with Crippen LogP contribution in [-0.4, -0.2) is 26.5 Å². The zero-order chi connectivity index (χ0) is 9.42. The number of H-pyrrole nitrogens is 1. The van der Waals surface area contributed by atoms with Gasteiger partial charge in [-0.2, -0.15) is 0 Å². The largest absolute Gasteiger partial charge is 0.478 e. The van der Waals surface area contributed by atoms with Crippen LogP contribution in [-0.2, 0) is 0 Å². The van der Waals surface area contributed by atoms with Crippen molar-refractivity contribution in [2.45, 2.75) is 6.92 Å². The predicted octanol–water partition coefficient (Wildman–Crippen LogP) is 0.965. The van der Waals surface area contributed by atoms with Crippen LogP contribution in [0.15, 0.2) is 12.1 Å². The van der Waals surface area contributed by atoms with Crippen molar-refractivity contribution in [1.82, 2.24) is 15.4 Å². The molecule has 0 fully saturated rings. The molecular formula is C8H7N3O2. The van der Waals surface area contributed by atoms with E-state index in [2.05, 4.69) is 15.4 Å². The number of aromatic amines is 1. The molecule has 0 radical (unpaired) electrons. The van der Waals surface area contributed by atoms with Crippen LogP contribution in [0.4, 0.5) is 0 Å². The molecule has 1 aromatic carbocycles. The summed E-state index contributed by atoms with van der Waals surface area (Å²) in [5, 5.41) is 18.8. The highest BCUT2D eigenvalue weighted by molar-refractivity contribution is 5.93. The van der Waals surface area contributed by atoms with E-state index in [1.165, 1.54) is 6.07 Å². The van der Waals surface area contributed by atoms with Crippen molar-refractivity contribution in [3.05, 3.63) is 23.3 Å². The number of nitrogens with one attached hydrogen (secondary N) is 1. The van der Waals surface area contributed by atoms with Gasteiger partial charge in [-0.15, -0.1) is 5.10 Å².